The predicted molar refractivity (Wildman–Crippen MR) is 92.3 cm³/mol. The van der Waals surface area contributed by atoms with Crippen molar-refractivity contribution in [3.8, 4) is 0 Å². The Morgan fingerprint density at radius 1 is 1.38 bits per heavy atom. The van der Waals surface area contributed by atoms with E-state index in [-0.39, 0.29) is 18.0 Å². The van der Waals surface area contributed by atoms with Crippen LogP contribution in [0.15, 0.2) is 6.33 Å². The van der Waals surface area contributed by atoms with Gasteiger partial charge < -0.3 is 20.3 Å². The number of amides is 2. The van der Waals surface area contributed by atoms with Crippen molar-refractivity contribution < 1.29 is 9.90 Å². The van der Waals surface area contributed by atoms with Crippen LogP contribution in [-0.2, 0) is 13.1 Å². The number of nitrogens with one attached hydrogen (secondary N) is 2. The molecule has 0 unspecified atom stereocenters. The molecule has 0 aromatic carbocycles. The van der Waals surface area contributed by atoms with Gasteiger partial charge in [0, 0.05) is 13.1 Å². The number of nitrogens with zero attached hydrogens (tertiary/aromatic N) is 3. The normalized spacial score (nSPS) is 24.6. The van der Waals surface area contributed by atoms with Gasteiger partial charge in [-0.15, -0.1) is 10.2 Å². The number of hydrogen-bond donors (Lipinski definition) is 3. The van der Waals surface area contributed by atoms with Crippen molar-refractivity contribution in [2.24, 2.45) is 11.3 Å². The van der Waals surface area contributed by atoms with E-state index in [0.717, 1.165) is 38.1 Å². The maximum absolute atomic E-state index is 12.0. The number of urea groups is 1. The molecule has 0 aliphatic heterocycles. The fraction of sp³-hybridized carbons (Fsp3) is 0.824. The second kappa shape index (κ2) is 7.51. The maximum Gasteiger partial charge on any atom is 0.315 e. The topological polar surface area (TPSA) is 92.1 Å². The molecule has 2 rings (SSSR count). The van der Waals surface area contributed by atoms with Crippen molar-refractivity contribution in [1.82, 2.24) is 25.4 Å². The molecule has 1 aromatic rings. The highest BCUT2D eigenvalue weighted by Crippen LogP contribution is 2.41. The molecule has 1 aliphatic rings. The number of rotatable bonds is 5. The second-order valence-electron chi connectivity index (χ2n) is 7.93. The Balaban J connectivity index is 1.74. The van der Waals surface area contributed by atoms with Crippen molar-refractivity contribution in [3.63, 3.8) is 0 Å². The Kier molecular flexibility index (Phi) is 5.85. The van der Waals surface area contributed by atoms with Crippen molar-refractivity contribution in [2.45, 2.75) is 72.1 Å². The lowest BCUT2D eigenvalue weighted by Crippen LogP contribution is -2.48. The largest absolute Gasteiger partial charge is 0.388 e. The molecule has 7 nitrogen and oxygen atoms in total. The van der Waals surface area contributed by atoms with E-state index in [0.29, 0.717) is 12.5 Å². The lowest BCUT2D eigenvalue weighted by atomic mass is 9.68. The zero-order chi connectivity index (χ0) is 17.8. The van der Waals surface area contributed by atoms with Gasteiger partial charge >= 0.3 is 6.03 Å². The van der Waals surface area contributed by atoms with Crippen LogP contribution < -0.4 is 10.6 Å². The van der Waals surface area contributed by atoms with E-state index in [1.54, 1.807) is 6.33 Å². The highest BCUT2D eigenvalue weighted by molar-refractivity contribution is 5.73. The Hall–Kier alpha value is -1.63. The van der Waals surface area contributed by atoms with Crippen LogP contribution in [0.3, 0.4) is 0 Å². The molecule has 2 amide bonds. The molecular formula is C17H31N5O2. The minimum absolute atomic E-state index is 0.279. The van der Waals surface area contributed by atoms with Gasteiger partial charge in [0.05, 0.1) is 12.1 Å². The van der Waals surface area contributed by atoms with E-state index < -0.39 is 5.60 Å². The lowest BCUT2D eigenvalue weighted by Gasteiger charge is -2.41. The van der Waals surface area contributed by atoms with Gasteiger partial charge in [0.15, 0.2) is 5.82 Å². The molecule has 0 saturated heterocycles. The fourth-order valence-corrected chi connectivity index (χ4v) is 3.34. The van der Waals surface area contributed by atoms with Crippen LogP contribution in [0.25, 0.3) is 0 Å². The molecule has 24 heavy (non-hydrogen) atoms. The van der Waals surface area contributed by atoms with Gasteiger partial charge in [-0.25, -0.2) is 4.79 Å². The Morgan fingerprint density at radius 3 is 2.62 bits per heavy atom. The van der Waals surface area contributed by atoms with E-state index >= 15 is 0 Å². The molecule has 136 valence electrons. The van der Waals surface area contributed by atoms with E-state index in [1.165, 1.54) is 0 Å². The monoisotopic (exact) mass is 337 g/mol. The van der Waals surface area contributed by atoms with E-state index in [9.17, 15) is 9.90 Å². The Bertz CT molecular complexity index is 541. The van der Waals surface area contributed by atoms with Gasteiger partial charge in [-0.05, 0) is 43.9 Å². The first-order valence-corrected chi connectivity index (χ1v) is 8.84. The van der Waals surface area contributed by atoms with Gasteiger partial charge in [-0.1, -0.05) is 20.8 Å². The molecule has 1 aromatic heterocycles. The van der Waals surface area contributed by atoms with Gasteiger partial charge in [-0.3, -0.25) is 0 Å². The first kappa shape index (κ1) is 18.7. The highest BCUT2D eigenvalue weighted by atomic mass is 16.3. The average Bonchev–Trinajstić information content (AvgIpc) is 2.98. The van der Waals surface area contributed by atoms with Crippen LogP contribution >= 0.6 is 0 Å². The molecule has 0 spiro atoms. The second-order valence-corrected chi connectivity index (χ2v) is 7.93. The first-order valence-electron chi connectivity index (χ1n) is 8.84. The Labute approximate surface area is 144 Å². The van der Waals surface area contributed by atoms with Crippen LogP contribution in [0.4, 0.5) is 4.79 Å². The van der Waals surface area contributed by atoms with Crippen LogP contribution in [0, 0.1) is 11.3 Å². The summed E-state index contributed by atoms with van der Waals surface area (Å²) in [6, 6.07) is -0.285. The molecule has 3 N–H and O–H groups in total. The SMILES string of the molecule is CCn1cnnc1CNC(=O)NCC1(O)CCC(C(C)(C)C)CC1. The van der Waals surface area contributed by atoms with E-state index in [2.05, 4.69) is 41.6 Å². The van der Waals surface area contributed by atoms with Crippen molar-refractivity contribution in [1.29, 1.82) is 0 Å². The average molecular weight is 337 g/mol. The summed E-state index contributed by atoms with van der Waals surface area (Å²) in [5.74, 6) is 1.35. The number of aryl methyl sites for hydroxylation is 1. The molecule has 0 bridgehead atoms. The maximum atomic E-state index is 12.0. The minimum atomic E-state index is -0.789. The molecule has 1 heterocycles. The summed E-state index contributed by atoms with van der Waals surface area (Å²) < 4.78 is 1.88. The summed E-state index contributed by atoms with van der Waals surface area (Å²) >= 11 is 0. The molecule has 1 aliphatic carbocycles. The predicted octanol–water partition coefficient (Wildman–Crippen LogP) is 2.06. The number of hydrogen-bond acceptors (Lipinski definition) is 4. The summed E-state index contributed by atoms with van der Waals surface area (Å²) in [6.45, 7) is 10.1. The number of carbonyl (C=O) groups is 1. The molecular weight excluding hydrogens is 306 g/mol. The Morgan fingerprint density at radius 2 is 2.04 bits per heavy atom. The van der Waals surface area contributed by atoms with Crippen molar-refractivity contribution >= 4 is 6.03 Å². The van der Waals surface area contributed by atoms with Crippen LogP contribution in [0.5, 0.6) is 0 Å². The standard InChI is InChI=1S/C17H31N5O2/c1-5-22-12-20-21-14(22)10-18-15(23)19-11-17(24)8-6-13(7-9-17)16(2,3)4/h12-13,24H,5-11H2,1-4H3,(H2,18,19,23). The molecule has 1 saturated carbocycles. The third kappa shape index (κ3) is 4.93. The summed E-state index contributed by atoms with van der Waals surface area (Å²) in [5, 5.41) is 24.0. The molecule has 0 radical (unpaired) electrons. The van der Waals surface area contributed by atoms with Crippen LogP contribution in [-0.4, -0.2) is 38.0 Å². The number of aliphatic hydroxyl groups is 1. The van der Waals surface area contributed by atoms with Crippen molar-refractivity contribution in [3.05, 3.63) is 12.2 Å². The summed E-state index contributed by atoms with van der Waals surface area (Å²) in [6.07, 6.45) is 5.12. The third-order valence-corrected chi connectivity index (χ3v) is 5.16. The van der Waals surface area contributed by atoms with E-state index in [4.69, 9.17) is 0 Å². The smallest absolute Gasteiger partial charge is 0.315 e. The fourth-order valence-electron chi connectivity index (χ4n) is 3.34. The van der Waals surface area contributed by atoms with Gasteiger partial charge in [0.2, 0.25) is 0 Å². The van der Waals surface area contributed by atoms with Crippen molar-refractivity contribution in [2.75, 3.05) is 6.54 Å². The van der Waals surface area contributed by atoms with Gasteiger partial charge in [-0.2, -0.15) is 0 Å². The van der Waals surface area contributed by atoms with Gasteiger partial charge in [0.1, 0.15) is 6.33 Å². The zero-order valence-corrected chi connectivity index (χ0v) is 15.3. The highest BCUT2D eigenvalue weighted by Gasteiger charge is 2.37. The molecule has 1 fully saturated rings. The van der Waals surface area contributed by atoms with Crippen LogP contribution in [0.2, 0.25) is 0 Å². The van der Waals surface area contributed by atoms with Crippen LogP contribution in [0.1, 0.15) is 59.2 Å². The molecule has 7 heteroatoms. The lowest BCUT2D eigenvalue weighted by molar-refractivity contribution is -0.0218. The third-order valence-electron chi connectivity index (χ3n) is 5.16. The summed E-state index contributed by atoms with van der Waals surface area (Å²) in [5.41, 5.74) is -0.510. The minimum Gasteiger partial charge on any atom is -0.388 e. The van der Waals surface area contributed by atoms with Gasteiger partial charge in [0.25, 0.3) is 0 Å². The number of carbonyl (C=O) groups excluding carboxylic acids is 1. The zero-order valence-electron chi connectivity index (χ0n) is 15.3. The first-order chi connectivity index (χ1) is 11.2. The molecule has 0 atom stereocenters. The quantitative estimate of drug-likeness (QED) is 0.767. The number of aromatic nitrogens is 3. The van der Waals surface area contributed by atoms with E-state index in [1.807, 2.05) is 11.5 Å². The summed E-state index contributed by atoms with van der Waals surface area (Å²) in [7, 11) is 0. The summed E-state index contributed by atoms with van der Waals surface area (Å²) in [4.78, 5) is 12.0.